The van der Waals surface area contributed by atoms with Crippen LogP contribution in [0.4, 0.5) is 0 Å². The zero-order valence-electron chi connectivity index (χ0n) is 10.3. The Hall–Kier alpha value is -0.670. The average Bonchev–Trinajstić information content (AvgIpc) is 2.34. The fourth-order valence-corrected chi connectivity index (χ4v) is 3.09. The summed E-state index contributed by atoms with van der Waals surface area (Å²) in [5, 5.41) is 3.47. The smallest absolute Gasteiger partial charge is 0.0722 e. The Kier molecular flexibility index (Phi) is 5.71. The molecule has 1 aromatic carbocycles. The molecule has 1 aliphatic rings. The topological polar surface area (TPSA) is 29.1 Å². The Morgan fingerprint density at radius 3 is 2.44 bits per heavy atom. The molecule has 0 saturated carbocycles. The van der Waals surface area contributed by atoms with Crippen LogP contribution in [0.15, 0.2) is 24.3 Å². The number of rotatable bonds is 1. The molecule has 1 heterocycles. The highest BCUT2D eigenvalue weighted by molar-refractivity contribution is 7.85. The first-order valence-electron chi connectivity index (χ1n) is 5.92. The Labute approximate surface area is 101 Å². The SMILES string of the molecule is CC.Cc1ccc(C2CNCCS2=O)cc1. The van der Waals surface area contributed by atoms with Crippen molar-refractivity contribution in [3.05, 3.63) is 35.4 Å². The van der Waals surface area contributed by atoms with Crippen LogP contribution < -0.4 is 5.32 Å². The van der Waals surface area contributed by atoms with Crippen LogP contribution in [0.1, 0.15) is 30.2 Å². The van der Waals surface area contributed by atoms with Crippen molar-refractivity contribution in [2.45, 2.75) is 26.0 Å². The summed E-state index contributed by atoms with van der Waals surface area (Å²) in [6.07, 6.45) is 0. The van der Waals surface area contributed by atoms with Gasteiger partial charge >= 0.3 is 0 Å². The molecule has 2 unspecified atom stereocenters. The van der Waals surface area contributed by atoms with Crippen LogP contribution in [-0.4, -0.2) is 23.1 Å². The molecule has 1 fully saturated rings. The summed E-state index contributed by atoms with van der Waals surface area (Å²) < 4.78 is 11.8. The van der Waals surface area contributed by atoms with Gasteiger partial charge in [0.25, 0.3) is 0 Å². The highest BCUT2D eigenvalue weighted by Crippen LogP contribution is 2.21. The van der Waals surface area contributed by atoms with E-state index in [-0.39, 0.29) is 5.25 Å². The van der Waals surface area contributed by atoms with Crippen LogP contribution in [0.25, 0.3) is 0 Å². The van der Waals surface area contributed by atoms with E-state index in [9.17, 15) is 4.21 Å². The van der Waals surface area contributed by atoms with Gasteiger partial charge in [-0.1, -0.05) is 43.7 Å². The molecule has 1 aliphatic heterocycles. The molecule has 16 heavy (non-hydrogen) atoms. The molecule has 0 radical (unpaired) electrons. The van der Waals surface area contributed by atoms with Crippen molar-refractivity contribution in [1.82, 2.24) is 5.32 Å². The van der Waals surface area contributed by atoms with Gasteiger partial charge in [0.2, 0.25) is 0 Å². The number of hydrogen-bond donors (Lipinski definition) is 1. The second kappa shape index (κ2) is 6.81. The Balaban J connectivity index is 0.000000606. The van der Waals surface area contributed by atoms with Gasteiger partial charge in [0.05, 0.1) is 5.25 Å². The number of hydrogen-bond acceptors (Lipinski definition) is 2. The van der Waals surface area contributed by atoms with Crippen molar-refractivity contribution in [2.75, 3.05) is 18.8 Å². The van der Waals surface area contributed by atoms with Crippen LogP contribution in [0.2, 0.25) is 0 Å². The van der Waals surface area contributed by atoms with Crippen molar-refractivity contribution in [1.29, 1.82) is 0 Å². The first kappa shape index (κ1) is 13.4. The maximum atomic E-state index is 11.8. The molecular weight excluding hydrogens is 218 g/mol. The van der Waals surface area contributed by atoms with E-state index in [1.54, 1.807) is 0 Å². The second-order valence-corrected chi connectivity index (χ2v) is 5.43. The molecule has 2 nitrogen and oxygen atoms in total. The Bertz CT molecular complexity index is 334. The van der Waals surface area contributed by atoms with E-state index >= 15 is 0 Å². The maximum Gasteiger partial charge on any atom is 0.0722 e. The first-order valence-corrected chi connectivity index (χ1v) is 7.30. The second-order valence-electron chi connectivity index (χ2n) is 3.69. The molecule has 0 amide bonds. The van der Waals surface area contributed by atoms with E-state index < -0.39 is 10.8 Å². The number of nitrogens with one attached hydrogen (secondary N) is 1. The fourth-order valence-electron chi connectivity index (χ4n) is 1.69. The summed E-state index contributed by atoms with van der Waals surface area (Å²) in [5.41, 5.74) is 2.45. The first-order chi connectivity index (χ1) is 7.77. The third-order valence-electron chi connectivity index (χ3n) is 2.58. The predicted octanol–water partition coefficient (Wildman–Crippen LogP) is 2.41. The zero-order chi connectivity index (χ0) is 12.0. The van der Waals surface area contributed by atoms with Gasteiger partial charge in [-0.15, -0.1) is 0 Å². The lowest BCUT2D eigenvalue weighted by atomic mass is 10.1. The van der Waals surface area contributed by atoms with Crippen LogP contribution >= 0.6 is 0 Å². The normalized spacial score (nSPS) is 24.4. The molecule has 1 aromatic rings. The van der Waals surface area contributed by atoms with Gasteiger partial charge in [0.15, 0.2) is 0 Å². The fraction of sp³-hybridized carbons (Fsp3) is 0.538. The molecule has 2 atom stereocenters. The van der Waals surface area contributed by atoms with Crippen molar-refractivity contribution in [3.8, 4) is 0 Å². The van der Waals surface area contributed by atoms with Gasteiger partial charge in [-0.3, -0.25) is 4.21 Å². The molecular formula is C13H21NOS. The van der Waals surface area contributed by atoms with Crippen LogP contribution in [0.3, 0.4) is 0 Å². The predicted molar refractivity (Wildman–Crippen MR) is 71.1 cm³/mol. The molecule has 2 rings (SSSR count). The lowest BCUT2D eigenvalue weighted by Gasteiger charge is -2.22. The highest BCUT2D eigenvalue weighted by Gasteiger charge is 2.21. The lowest BCUT2D eigenvalue weighted by Crippen LogP contribution is -2.35. The summed E-state index contributed by atoms with van der Waals surface area (Å²) in [6.45, 7) is 7.80. The van der Waals surface area contributed by atoms with E-state index in [1.165, 1.54) is 11.1 Å². The van der Waals surface area contributed by atoms with Gasteiger partial charge < -0.3 is 5.32 Å². The summed E-state index contributed by atoms with van der Waals surface area (Å²) in [5.74, 6) is 0.776. The average molecular weight is 239 g/mol. The molecule has 0 aromatic heterocycles. The highest BCUT2D eigenvalue weighted by atomic mass is 32.2. The third-order valence-corrected chi connectivity index (χ3v) is 4.26. The summed E-state index contributed by atoms with van der Waals surface area (Å²) in [7, 11) is -0.698. The standard InChI is InChI=1S/C11H15NOS.C2H6/c1-9-2-4-10(5-3-9)11-8-12-6-7-14(11)13;1-2/h2-5,11-12H,6-8H2,1H3;1-2H3. The number of benzene rings is 1. The van der Waals surface area contributed by atoms with Gasteiger partial charge in [0, 0.05) is 29.6 Å². The van der Waals surface area contributed by atoms with E-state index in [2.05, 4.69) is 36.5 Å². The van der Waals surface area contributed by atoms with Gasteiger partial charge in [-0.05, 0) is 12.5 Å². The molecule has 0 aliphatic carbocycles. The summed E-state index contributed by atoms with van der Waals surface area (Å²) >= 11 is 0. The molecule has 1 saturated heterocycles. The minimum absolute atomic E-state index is 0.185. The van der Waals surface area contributed by atoms with Crippen molar-refractivity contribution in [3.63, 3.8) is 0 Å². The molecule has 3 heteroatoms. The maximum absolute atomic E-state index is 11.8. The number of aryl methyl sites for hydroxylation is 1. The van der Waals surface area contributed by atoms with Crippen molar-refractivity contribution < 1.29 is 4.21 Å². The van der Waals surface area contributed by atoms with E-state index in [0.717, 1.165) is 18.8 Å². The van der Waals surface area contributed by atoms with E-state index in [0.29, 0.717) is 0 Å². The Morgan fingerprint density at radius 2 is 1.88 bits per heavy atom. The summed E-state index contributed by atoms with van der Waals surface area (Å²) in [6, 6.07) is 8.35. The van der Waals surface area contributed by atoms with Crippen LogP contribution in [-0.2, 0) is 10.8 Å². The zero-order valence-corrected chi connectivity index (χ0v) is 11.1. The van der Waals surface area contributed by atoms with Crippen LogP contribution in [0.5, 0.6) is 0 Å². The molecule has 0 spiro atoms. The van der Waals surface area contributed by atoms with E-state index in [4.69, 9.17) is 0 Å². The Morgan fingerprint density at radius 1 is 1.25 bits per heavy atom. The van der Waals surface area contributed by atoms with Crippen molar-refractivity contribution in [2.24, 2.45) is 0 Å². The molecule has 1 N–H and O–H groups in total. The summed E-state index contributed by atoms with van der Waals surface area (Å²) in [4.78, 5) is 0. The van der Waals surface area contributed by atoms with E-state index in [1.807, 2.05) is 13.8 Å². The van der Waals surface area contributed by atoms with Gasteiger partial charge in [0.1, 0.15) is 0 Å². The quantitative estimate of drug-likeness (QED) is 0.815. The minimum atomic E-state index is -0.698. The largest absolute Gasteiger partial charge is 0.314 e. The van der Waals surface area contributed by atoms with Crippen molar-refractivity contribution >= 4 is 10.8 Å². The monoisotopic (exact) mass is 239 g/mol. The van der Waals surface area contributed by atoms with Gasteiger partial charge in [-0.2, -0.15) is 0 Å². The van der Waals surface area contributed by atoms with Crippen LogP contribution in [0, 0.1) is 6.92 Å². The molecule has 0 bridgehead atoms. The third kappa shape index (κ3) is 3.42. The lowest BCUT2D eigenvalue weighted by molar-refractivity contribution is 0.624. The van der Waals surface area contributed by atoms with Gasteiger partial charge in [-0.25, -0.2) is 0 Å². The molecule has 90 valence electrons. The minimum Gasteiger partial charge on any atom is -0.314 e.